The van der Waals surface area contributed by atoms with Crippen molar-refractivity contribution in [1.29, 1.82) is 0 Å². The van der Waals surface area contributed by atoms with E-state index >= 15 is 0 Å². The number of hydrogen-bond donors (Lipinski definition) is 0. The van der Waals surface area contributed by atoms with Gasteiger partial charge in [0, 0.05) is 44.4 Å². The molecule has 0 bridgehead atoms. The molecule has 35 heavy (non-hydrogen) atoms. The third kappa shape index (κ3) is 6.74. The van der Waals surface area contributed by atoms with Crippen molar-refractivity contribution in [2.24, 2.45) is 0 Å². The lowest BCUT2D eigenvalue weighted by Gasteiger charge is -2.34. The summed E-state index contributed by atoms with van der Waals surface area (Å²) in [6.45, 7) is 8.73. The van der Waals surface area contributed by atoms with E-state index in [4.69, 9.17) is 9.47 Å². The lowest BCUT2D eigenvalue weighted by atomic mass is 10.1. The average Bonchev–Trinajstić information content (AvgIpc) is 2.87. The first-order valence-corrected chi connectivity index (χ1v) is 12.1. The lowest BCUT2D eigenvalue weighted by molar-refractivity contribution is -0.127. The molecule has 4 rings (SSSR count). The monoisotopic (exact) mass is 470 g/mol. The van der Waals surface area contributed by atoms with Gasteiger partial charge >= 0.3 is 0 Å². The van der Waals surface area contributed by atoms with Crippen molar-refractivity contribution in [3.8, 4) is 11.5 Å². The minimum Gasteiger partial charge on any atom is -0.496 e. The average molecular weight is 471 g/mol. The van der Waals surface area contributed by atoms with Gasteiger partial charge in [-0.05, 0) is 54.8 Å². The topological polar surface area (TPSA) is 42.0 Å². The minimum atomic E-state index is 0.0498. The summed E-state index contributed by atoms with van der Waals surface area (Å²) >= 11 is 0. The Labute approximate surface area is 208 Å². The number of hydrogen-bond acceptors (Lipinski definition) is 4. The van der Waals surface area contributed by atoms with Crippen LogP contribution in [0.5, 0.6) is 11.5 Å². The highest BCUT2D eigenvalue weighted by atomic mass is 16.5. The van der Waals surface area contributed by atoms with Crippen LogP contribution in [0.25, 0.3) is 6.08 Å². The van der Waals surface area contributed by atoms with Gasteiger partial charge in [0.2, 0.25) is 5.91 Å². The zero-order chi connectivity index (χ0) is 24.6. The number of ether oxygens (including phenoxy) is 2. The van der Waals surface area contributed by atoms with Crippen LogP contribution in [0.1, 0.15) is 27.8 Å². The van der Waals surface area contributed by atoms with E-state index in [0.717, 1.165) is 60.9 Å². The number of aryl methyl sites for hydroxylation is 2. The van der Waals surface area contributed by atoms with Crippen molar-refractivity contribution >= 4 is 12.0 Å². The van der Waals surface area contributed by atoms with Crippen LogP contribution in [0, 0.1) is 13.8 Å². The molecule has 1 aliphatic heterocycles. The highest BCUT2D eigenvalue weighted by Crippen LogP contribution is 2.24. The van der Waals surface area contributed by atoms with E-state index in [1.54, 1.807) is 13.2 Å². The van der Waals surface area contributed by atoms with E-state index in [1.807, 2.05) is 60.4 Å². The van der Waals surface area contributed by atoms with Crippen molar-refractivity contribution in [2.75, 3.05) is 33.3 Å². The number of carbonyl (C=O) groups is 1. The lowest BCUT2D eigenvalue weighted by Crippen LogP contribution is -2.47. The molecule has 1 heterocycles. The first kappa shape index (κ1) is 24.6. The molecule has 5 nitrogen and oxygen atoms in total. The second kappa shape index (κ2) is 11.7. The molecule has 0 spiro atoms. The van der Waals surface area contributed by atoms with Crippen molar-refractivity contribution in [3.63, 3.8) is 0 Å². The number of nitrogens with zero attached hydrogens (tertiary/aromatic N) is 2. The van der Waals surface area contributed by atoms with E-state index in [-0.39, 0.29) is 5.91 Å². The van der Waals surface area contributed by atoms with Crippen molar-refractivity contribution in [3.05, 3.63) is 101 Å². The van der Waals surface area contributed by atoms with Gasteiger partial charge in [0.05, 0.1) is 7.11 Å². The number of rotatable bonds is 8. The predicted molar refractivity (Wildman–Crippen MR) is 141 cm³/mol. The minimum absolute atomic E-state index is 0.0498. The highest BCUT2D eigenvalue weighted by Gasteiger charge is 2.19. The maximum Gasteiger partial charge on any atom is 0.246 e. The second-order valence-corrected chi connectivity index (χ2v) is 9.05. The maximum atomic E-state index is 12.8. The molecule has 1 saturated heterocycles. The molecule has 1 fully saturated rings. The van der Waals surface area contributed by atoms with Gasteiger partial charge in [-0.25, -0.2) is 0 Å². The Balaban J connectivity index is 1.33. The van der Waals surface area contributed by atoms with Crippen LogP contribution < -0.4 is 9.47 Å². The third-order valence-electron chi connectivity index (χ3n) is 6.37. The highest BCUT2D eigenvalue weighted by molar-refractivity contribution is 5.91. The summed E-state index contributed by atoms with van der Waals surface area (Å²) in [6, 6.07) is 22.5. The summed E-state index contributed by atoms with van der Waals surface area (Å²) in [7, 11) is 1.66. The van der Waals surface area contributed by atoms with Crippen LogP contribution in [0.15, 0.2) is 72.8 Å². The van der Waals surface area contributed by atoms with Gasteiger partial charge in [-0.2, -0.15) is 0 Å². The summed E-state index contributed by atoms with van der Waals surface area (Å²) in [4.78, 5) is 17.1. The number of piperazine rings is 1. The Morgan fingerprint density at radius 3 is 2.46 bits per heavy atom. The standard InChI is InChI=1S/C30H34N2O3/c1-23-7-6-9-26(19-23)21-31-15-17-32(18-16-31)30(33)14-12-25-11-13-29(34-3)27(20-25)22-35-28-10-5-4-8-24(28)2/h4-14,19-20H,15-18,21-22H2,1-3H3/b14-12+. The molecule has 0 radical (unpaired) electrons. The van der Waals surface area contributed by atoms with E-state index in [9.17, 15) is 4.79 Å². The van der Waals surface area contributed by atoms with Gasteiger partial charge in [0.1, 0.15) is 18.1 Å². The smallest absolute Gasteiger partial charge is 0.246 e. The molecule has 3 aromatic carbocycles. The molecular weight excluding hydrogens is 436 g/mol. The van der Waals surface area contributed by atoms with Crippen LogP contribution in [0.2, 0.25) is 0 Å². The Kier molecular flexibility index (Phi) is 8.22. The number of benzene rings is 3. The van der Waals surface area contributed by atoms with Gasteiger partial charge in [-0.15, -0.1) is 0 Å². The van der Waals surface area contributed by atoms with E-state index < -0.39 is 0 Å². The summed E-state index contributed by atoms with van der Waals surface area (Å²) in [6.07, 6.45) is 3.54. The van der Waals surface area contributed by atoms with Crippen LogP contribution in [-0.4, -0.2) is 49.0 Å². The van der Waals surface area contributed by atoms with Crippen LogP contribution in [0.3, 0.4) is 0 Å². The zero-order valence-corrected chi connectivity index (χ0v) is 20.9. The fourth-order valence-electron chi connectivity index (χ4n) is 4.36. The SMILES string of the molecule is COc1ccc(/C=C/C(=O)N2CCN(Cc3cccc(C)c3)CC2)cc1COc1ccccc1C. The quantitative estimate of drug-likeness (QED) is 0.422. The number of methoxy groups -OCH3 is 1. The van der Waals surface area contributed by atoms with Gasteiger partial charge in [0.15, 0.2) is 0 Å². The number of amides is 1. The van der Waals surface area contributed by atoms with Crippen molar-refractivity contribution in [1.82, 2.24) is 9.80 Å². The second-order valence-electron chi connectivity index (χ2n) is 9.05. The molecule has 0 unspecified atom stereocenters. The first-order chi connectivity index (χ1) is 17.0. The molecule has 1 amide bonds. The van der Waals surface area contributed by atoms with Crippen molar-refractivity contribution in [2.45, 2.75) is 27.0 Å². The molecule has 0 atom stereocenters. The van der Waals surface area contributed by atoms with Gasteiger partial charge < -0.3 is 14.4 Å². The van der Waals surface area contributed by atoms with E-state index in [2.05, 4.69) is 36.1 Å². The van der Waals surface area contributed by atoms with Crippen LogP contribution >= 0.6 is 0 Å². The molecule has 5 heteroatoms. The molecule has 3 aromatic rings. The van der Waals surface area contributed by atoms with E-state index in [1.165, 1.54) is 11.1 Å². The molecule has 182 valence electrons. The molecule has 0 N–H and O–H groups in total. The zero-order valence-electron chi connectivity index (χ0n) is 20.9. The summed E-state index contributed by atoms with van der Waals surface area (Å²) in [5.74, 6) is 1.67. The molecule has 0 saturated carbocycles. The molecule has 1 aliphatic rings. The number of carbonyl (C=O) groups excluding carboxylic acids is 1. The summed E-state index contributed by atoms with van der Waals surface area (Å²) in [5.41, 5.74) is 5.58. The maximum absolute atomic E-state index is 12.8. The van der Waals surface area contributed by atoms with Crippen LogP contribution in [-0.2, 0) is 17.9 Å². The van der Waals surface area contributed by atoms with Gasteiger partial charge in [-0.3, -0.25) is 9.69 Å². The van der Waals surface area contributed by atoms with E-state index in [0.29, 0.717) is 6.61 Å². The molecular formula is C30H34N2O3. The van der Waals surface area contributed by atoms with Gasteiger partial charge in [0.25, 0.3) is 0 Å². The predicted octanol–water partition coefficient (Wildman–Crippen LogP) is 5.25. The summed E-state index contributed by atoms with van der Waals surface area (Å²) in [5, 5.41) is 0. The first-order valence-electron chi connectivity index (χ1n) is 12.1. The van der Waals surface area contributed by atoms with Crippen molar-refractivity contribution < 1.29 is 14.3 Å². The Morgan fingerprint density at radius 1 is 0.914 bits per heavy atom. The normalized spacial score (nSPS) is 14.3. The van der Waals surface area contributed by atoms with Crippen LogP contribution in [0.4, 0.5) is 0 Å². The summed E-state index contributed by atoms with van der Waals surface area (Å²) < 4.78 is 11.5. The van der Waals surface area contributed by atoms with Gasteiger partial charge in [-0.1, -0.05) is 54.1 Å². The fraction of sp³-hybridized carbons (Fsp3) is 0.300. The number of para-hydroxylation sites is 1. The fourth-order valence-corrected chi connectivity index (χ4v) is 4.36. The third-order valence-corrected chi connectivity index (χ3v) is 6.37. The largest absolute Gasteiger partial charge is 0.496 e. The molecule has 0 aromatic heterocycles. The Bertz CT molecular complexity index is 1180. The Hall–Kier alpha value is -3.57. The molecule has 0 aliphatic carbocycles. The Morgan fingerprint density at radius 2 is 1.71 bits per heavy atom.